The summed E-state index contributed by atoms with van der Waals surface area (Å²) in [5.41, 5.74) is 1.21. The first kappa shape index (κ1) is 23.5. The Hall–Kier alpha value is -1.73. The van der Waals surface area contributed by atoms with Crippen LogP contribution in [0.1, 0.15) is 17.5 Å². The number of halogens is 3. The highest BCUT2D eigenvalue weighted by atomic mass is 35.5. The van der Waals surface area contributed by atoms with Crippen LogP contribution in [0, 0.1) is 5.82 Å². The summed E-state index contributed by atoms with van der Waals surface area (Å²) in [6.07, 6.45) is -2.10. The normalized spacial score (nSPS) is 12.7. The molecule has 10 heteroatoms. The first-order chi connectivity index (χ1) is 13.7. The molecular formula is C19H18Cl2FO6P. The van der Waals surface area contributed by atoms with Gasteiger partial charge in [-0.25, -0.2) is 4.39 Å². The van der Waals surface area contributed by atoms with E-state index in [4.69, 9.17) is 37.8 Å². The lowest BCUT2D eigenvalue weighted by Gasteiger charge is -2.14. The summed E-state index contributed by atoms with van der Waals surface area (Å²) in [6.45, 7) is 0.103. The third-order valence-corrected chi connectivity index (χ3v) is 5.28. The van der Waals surface area contributed by atoms with E-state index in [9.17, 15) is 19.2 Å². The second-order valence-corrected chi connectivity index (χ2v) is 8.22. The van der Waals surface area contributed by atoms with Crippen molar-refractivity contribution in [2.45, 2.75) is 25.7 Å². The lowest BCUT2D eigenvalue weighted by Crippen LogP contribution is -2.15. The number of hydrogen-bond donors (Lipinski definition) is 2. The highest BCUT2D eigenvalue weighted by Crippen LogP contribution is 2.32. The number of benzene rings is 2. The van der Waals surface area contributed by atoms with Crippen LogP contribution >= 0.6 is 31.0 Å². The summed E-state index contributed by atoms with van der Waals surface area (Å²) < 4.78 is 24.1. The SMILES string of the molecule is O=C(O)C[C@H](O)C=[P+]([O-])COCc1c(Cl)cc(Cl)cc1OCc1ccc(F)cc1. The van der Waals surface area contributed by atoms with Gasteiger partial charge >= 0.3 is 5.97 Å². The maximum atomic E-state index is 13.0. The number of ether oxygens (including phenoxy) is 2. The summed E-state index contributed by atoms with van der Waals surface area (Å²) in [5, 5.41) is 18.7. The molecule has 0 spiro atoms. The highest BCUT2D eigenvalue weighted by molar-refractivity contribution is 7.49. The topological polar surface area (TPSA) is 99.1 Å². The van der Waals surface area contributed by atoms with Crippen LogP contribution in [0.4, 0.5) is 4.39 Å². The molecule has 2 aromatic carbocycles. The van der Waals surface area contributed by atoms with Gasteiger partial charge in [-0.05, 0) is 29.8 Å². The fourth-order valence-corrected chi connectivity index (χ4v) is 3.67. The molecule has 156 valence electrons. The van der Waals surface area contributed by atoms with Gasteiger partial charge in [-0.15, -0.1) is 0 Å². The van der Waals surface area contributed by atoms with Crippen molar-refractivity contribution in [1.82, 2.24) is 0 Å². The summed E-state index contributed by atoms with van der Waals surface area (Å²) in [5.74, 6) is -0.169. The predicted molar refractivity (Wildman–Crippen MR) is 108 cm³/mol. The van der Waals surface area contributed by atoms with Gasteiger partial charge in [0.2, 0.25) is 6.35 Å². The van der Waals surface area contributed by atoms with Crippen LogP contribution in [0.3, 0.4) is 0 Å². The van der Waals surface area contributed by atoms with Crippen molar-refractivity contribution in [1.29, 1.82) is 0 Å². The lowest BCUT2D eigenvalue weighted by atomic mass is 10.2. The molecule has 0 aliphatic heterocycles. The van der Waals surface area contributed by atoms with Crippen LogP contribution in [0.2, 0.25) is 10.0 Å². The monoisotopic (exact) mass is 462 g/mol. The summed E-state index contributed by atoms with van der Waals surface area (Å²) in [4.78, 5) is 22.4. The van der Waals surface area contributed by atoms with E-state index in [1.54, 1.807) is 18.2 Å². The molecule has 0 aliphatic carbocycles. The Morgan fingerprint density at radius 2 is 1.93 bits per heavy atom. The molecule has 0 aliphatic rings. The van der Waals surface area contributed by atoms with Crippen molar-refractivity contribution < 1.29 is 33.8 Å². The van der Waals surface area contributed by atoms with Gasteiger partial charge in [0.25, 0.3) is 0 Å². The Bertz CT molecular complexity index is 876. The van der Waals surface area contributed by atoms with Crippen molar-refractivity contribution >= 4 is 42.7 Å². The molecule has 0 saturated carbocycles. The van der Waals surface area contributed by atoms with Crippen LogP contribution in [0.25, 0.3) is 0 Å². The zero-order chi connectivity index (χ0) is 21.4. The van der Waals surface area contributed by atoms with Crippen LogP contribution in [-0.2, 0) is 22.7 Å². The molecule has 2 aromatic rings. The molecule has 2 N–H and O–H groups in total. The van der Waals surface area contributed by atoms with Crippen molar-refractivity contribution in [3.05, 3.63) is 63.4 Å². The van der Waals surface area contributed by atoms with E-state index in [-0.39, 0.29) is 30.4 Å². The molecule has 0 heterocycles. The fourth-order valence-electron chi connectivity index (χ4n) is 2.29. The second-order valence-electron chi connectivity index (χ2n) is 5.99. The molecule has 1 unspecified atom stereocenters. The van der Waals surface area contributed by atoms with Gasteiger partial charge in [-0.2, -0.15) is 0 Å². The minimum absolute atomic E-state index is 0.0430. The molecule has 2 atom stereocenters. The third kappa shape index (κ3) is 8.26. The van der Waals surface area contributed by atoms with Gasteiger partial charge in [0.15, 0.2) is 0 Å². The number of aliphatic hydroxyl groups excluding tert-OH is 1. The van der Waals surface area contributed by atoms with Gasteiger partial charge in [-0.1, -0.05) is 35.3 Å². The summed E-state index contributed by atoms with van der Waals surface area (Å²) >= 11 is 12.2. The average molecular weight is 463 g/mol. The van der Waals surface area contributed by atoms with Crippen molar-refractivity contribution in [2.75, 3.05) is 6.35 Å². The Kier molecular flexibility index (Phi) is 9.30. The molecule has 0 fully saturated rings. The van der Waals surface area contributed by atoms with E-state index in [1.165, 1.54) is 18.2 Å². The second kappa shape index (κ2) is 11.5. The van der Waals surface area contributed by atoms with Crippen LogP contribution in [0.15, 0.2) is 36.4 Å². The largest absolute Gasteiger partial charge is 0.629 e. The molecule has 0 aromatic heterocycles. The molecule has 0 saturated heterocycles. The molecule has 2 rings (SSSR count). The number of aliphatic carboxylic acids is 1. The van der Waals surface area contributed by atoms with Gasteiger partial charge < -0.3 is 24.6 Å². The van der Waals surface area contributed by atoms with Gasteiger partial charge in [0.05, 0.1) is 25.8 Å². The van der Waals surface area contributed by atoms with Gasteiger partial charge in [-0.3, -0.25) is 4.79 Å². The zero-order valence-corrected chi connectivity index (χ0v) is 17.5. The standard InChI is InChI=1S/C19H18Cl2FO6P/c20-13-5-17(21)16(9-27-11-29(26)10-15(23)7-19(24)25)18(6-13)28-8-12-1-3-14(22)4-2-12/h1-6,10,15,23H,7-9,11H2,(H,24,25)/t15-/m0/s1. The minimum Gasteiger partial charge on any atom is -0.629 e. The van der Waals surface area contributed by atoms with Crippen molar-refractivity contribution in [3.8, 4) is 5.75 Å². The minimum atomic E-state index is -2.08. The lowest BCUT2D eigenvalue weighted by molar-refractivity contribution is -0.157. The highest BCUT2D eigenvalue weighted by Gasteiger charge is 2.14. The van der Waals surface area contributed by atoms with E-state index in [2.05, 4.69) is 0 Å². The molecule has 6 nitrogen and oxygen atoms in total. The quantitative estimate of drug-likeness (QED) is 0.523. The molecule has 0 amide bonds. The van der Waals surface area contributed by atoms with E-state index >= 15 is 0 Å². The van der Waals surface area contributed by atoms with Crippen LogP contribution < -0.4 is 9.63 Å². The van der Waals surface area contributed by atoms with E-state index in [0.717, 1.165) is 11.4 Å². The first-order valence-electron chi connectivity index (χ1n) is 8.36. The zero-order valence-electron chi connectivity index (χ0n) is 15.1. The average Bonchev–Trinajstić information content (AvgIpc) is 2.62. The van der Waals surface area contributed by atoms with Gasteiger partial charge in [0.1, 0.15) is 30.1 Å². The summed E-state index contributed by atoms with van der Waals surface area (Å²) in [6, 6.07) is 8.87. The van der Waals surface area contributed by atoms with Crippen molar-refractivity contribution in [3.63, 3.8) is 0 Å². The summed E-state index contributed by atoms with van der Waals surface area (Å²) in [7, 11) is -2.08. The smallest absolute Gasteiger partial charge is 0.306 e. The Labute approximate surface area is 177 Å². The van der Waals surface area contributed by atoms with E-state index in [0.29, 0.717) is 16.3 Å². The van der Waals surface area contributed by atoms with Gasteiger partial charge in [0, 0.05) is 10.6 Å². The van der Waals surface area contributed by atoms with Crippen LogP contribution in [0.5, 0.6) is 5.75 Å². The third-order valence-electron chi connectivity index (χ3n) is 3.61. The number of hydrogen-bond acceptors (Lipinski definition) is 5. The maximum Gasteiger partial charge on any atom is 0.306 e. The Morgan fingerprint density at radius 1 is 1.24 bits per heavy atom. The predicted octanol–water partition coefficient (Wildman–Crippen LogP) is 3.58. The first-order valence-corrected chi connectivity index (χ1v) is 10.6. The van der Waals surface area contributed by atoms with Crippen molar-refractivity contribution in [2.24, 2.45) is 0 Å². The molecule has 0 bridgehead atoms. The molecule has 0 radical (unpaired) electrons. The number of aliphatic hydroxyl groups is 1. The molecule has 29 heavy (non-hydrogen) atoms. The molecular weight excluding hydrogens is 445 g/mol. The maximum absolute atomic E-state index is 13.0. The number of carboxylic acids is 1. The number of rotatable bonds is 10. The van der Waals surface area contributed by atoms with E-state index in [1.807, 2.05) is 0 Å². The fraction of sp³-hybridized carbons (Fsp3) is 0.263. The number of carboxylic acid groups (broad SMARTS) is 1. The number of carbonyl (C=O) groups is 1. The van der Waals surface area contributed by atoms with Crippen LogP contribution in [-0.4, -0.2) is 34.4 Å². The Morgan fingerprint density at radius 3 is 2.59 bits per heavy atom. The van der Waals surface area contributed by atoms with E-state index < -0.39 is 26.3 Å². The Balaban J connectivity index is 2.01.